The van der Waals surface area contributed by atoms with Gasteiger partial charge >= 0.3 is 0 Å². The molecule has 3 atom stereocenters. The normalized spacial score (nSPS) is 19.3. The second-order valence-corrected chi connectivity index (χ2v) is 14.3. The lowest BCUT2D eigenvalue weighted by molar-refractivity contribution is 0.146. The third kappa shape index (κ3) is 7.38. The van der Waals surface area contributed by atoms with Gasteiger partial charge in [0, 0.05) is 61.2 Å². The Morgan fingerprint density at radius 3 is 2.60 bits per heavy atom. The minimum atomic E-state index is -2.94. The first-order valence-corrected chi connectivity index (χ1v) is 18.5. The standard InChI is InChI=1S/C42H43F4N9/c1-25(31-6-4-7-33(39(31)44)40(45)46)49-41-34-22-37(48-23-35(34)26(2)50-51-41)30-9-11-36(43)29(20-30)14-19-54-17-12-27(13-18-54)28-8-10-32-38(21-28)53(3)52-42(32)55-16-5-15-47-24-55/h4-11,16,20-23,25,27,40,47H,12-15,17-19,24H2,1-3H3,(H,49,51)/i15D,24D/t15?,24-,25?/m1/s1. The Morgan fingerprint density at radius 2 is 1.80 bits per heavy atom. The van der Waals surface area contributed by atoms with Crippen LogP contribution in [0.4, 0.5) is 29.2 Å². The average Bonchev–Trinajstić information content (AvgIpc) is 3.53. The van der Waals surface area contributed by atoms with E-state index in [1.807, 2.05) is 23.9 Å². The molecule has 0 bridgehead atoms. The van der Waals surface area contributed by atoms with Crippen molar-refractivity contribution >= 4 is 33.3 Å². The maximum atomic E-state index is 15.2. The Labute approximate surface area is 319 Å². The van der Waals surface area contributed by atoms with Crippen molar-refractivity contribution in [3.05, 3.63) is 119 Å². The summed E-state index contributed by atoms with van der Waals surface area (Å²) >= 11 is 0. The molecule has 9 nitrogen and oxygen atoms in total. The van der Waals surface area contributed by atoms with Crippen molar-refractivity contribution in [2.45, 2.75) is 51.5 Å². The van der Waals surface area contributed by atoms with E-state index in [9.17, 15) is 13.2 Å². The SMILES string of the molecule is [2H]C1C=CN(c2nn(C)c3cc(C4CCN(CCc5cc(-c6cc7c(NC(C)c8cccc(C(F)F)c8F)nnc(C)c7cn6)ccc5F)CC4)ccc23)[C@H]([2H])N1. The van der Waals surface area contributed by atoms with Gasteiger partial charge in [-0.3, -0.25) is 15.0 Å². The lowest BCUT2D eigenvalue weighted by atomic mass is 9.89. The zero-order valence-corrected chi connectivity index (χ0v) is 30.8. The van der Waals surface area contributed by atoms with Gasteiger partial charge in [0.1, 0.15) is 11.6 Å². The van der Waals surface area contributed by atoms with Crippen molar-refractivity contribution in [1.82, 2.24) is 35.2 Å². The Bertz CT molecular complexity index is 2470. The number of rotatable bonds is 10. The fourth-order valence-electron chi connectivity index (χ4n) is 7.67. The van der Waals surface area contributed by atoms with Crippen LogP contribution < -0.4 is 15.5 Å². The van der Waals surface area contributed by atoms with Crippen molar-refractivity contribution in [2.24, 2.45) is 7.05 Å². The van der Waals surface area contributed by atoms with Crippen LogP contribution in [-0.4, -0.2) is 62.7 Å². The molecule has 0 spiro atoms. The number of aromatic nitrogens is 5. The van der Waals surface area contributed by atoms with Crippen LogP contribution in [-0.2, 0) is 13.5 Å². The smallest absolute Gasteiger partial charge is 0.266 e. The number of hydrogen-bond donors (Lipinski definition) is 2. The van der Waals surface area contributed by atoms with E-state index in [-0.39, 0.29) is 11.4 Å². The number of benzene rings is 3. The molecule has 1 fully saturated rings. The van der Waals surface area contributed by atoms with Crippen LogP contribution in [0.1, 0.15) is 68.8 Å². The van der Waals surface area contributed by atoms with Gasteiger partial charge in [0.25, 0.3) is 6.43 Å². The van der Waals surface area contributed by atoms with Gasteiger partial charge in [0.05, 0.1) is 36.5 Å². The molecule has 0 amide bonds. The highest BCUT2D eigenvalue weighted by atomic mass is 19.3. The molecule has 0 radical (unpaired) electrons. The fourth-order valence-corrected chi connectivity index (χ4v) is 7.67. The summed E-state index contributed by atoms with van der Waals surface area (Å²) in [7, 11) is 1.91. The van der Waals surface area contributed by atoms with E-state index in [4.69, 9.17) is 7.84 Å². The molecular formula is C42H43F4N9. The molecule has 0 saturated carbocycles. The first kappa shape index (κ1) is 34.1. The van der Waals surface area contributed by atoms with Crippen LogP contribution in [0.2, 0.25) is 0 Å². The minimum absolute atomic E-state index is 0.0862. The summed E-state index contributed by atoms with van der Waals surface area (Å²) in [6, 6.07) is 16.5. The monoisotopic (exact) mass is 751 g/mol. The van der Waals surface area contributed by atoms with Crippen molar-refractivity contribution in [1.29, 1.82) is 0 Å². The highest BCUT2D eigenvalue weighted by molar-refractivity contribution is 5.95. The van der Waals surface area contributed by atoms with Crippen LogP contribution in [0.25, 0.3) is 32.9 Å². The molecule has 2 aliphatic heterocycles. The van der Waals surface area contributed by atoms with E-state index < -0.39 is 37.0 Å². The number of aryl methyl sites for hydroxylation is 2. The third-order valence-electron chi connectivity index (χ3n) is 10.8. The van der Waals surface area contributed by atoms with Crippen LogP contribution in [0.3, 0.4) is 0 Å². The number of anilines is 2. The van der Waals surface area contributed by atoms with Gasteiger partial charge in [-0.15, -0.1) is 5.10 Å². The maximum Gasteiger partial charge on any atom is 0.266 e. The van der Waals surface area contributed by atoms with Gasteiger partial charge in [-0.25, -0.2) is 17.6 Å². The van der Waals surface area contributed by atoms with Gasteiger partial charge in [0.15, 0.2) is 11.6 Å². The van der Waals surface area contributed by atoms with Gasteiger partial charge < -0.3 is 15.1 Å². The largest absolute Gasteiger partial charge is 0.361 e. The fraction of sp³-hybridized carbons (Fsp3) is 0.333. The summed E-state index contributed by atoms with van der Waals surface area (Å²) in [5.41, 5.74) is 4.23. The van der Waals surface area contributed by atoms with Crippen molar-refractivity contribution < 1.29 is 20.3 Å². The predicted molar refractivity (Wildman–Crippen MR) is 208 cm³/mol. The number of pyridine rings is 1. The van der Waals surface area contributed by atoms with E-state index >= 15 is 4.39 Å². The molecule has 6 aromatic rings. The molecule has 8 rings (SSSR count). The second kappa shape index (κ2) is 15.4. The van der Waals surface area contributed by atoms with Gasteiger partial charge in [-0.05, 0) is 99.6 Å². The van der Waals surface area contributed by atoms with Crippen LogP contribution in [0.5, 0.6) is 0 Å². The predicted octanol–water partition coefficient (Wildman–Crippen LogP) is 8.58. The highest BCUT2D eigenvalue weighted by Gasteiger charge is 2.24. The topological polar surface area (TPSA) is 87.0 Å². The molecule has 3 aromatic heterocycles. The number of piperidine rings is 1. The van der Waals surface area contributed by atoms with Crippen molar-refractivity contribution in [2.75, 3.05) is 43.0 Å². The quantitative estimate of drug-likeness (QED) is 0.135. The zero-order chi connectivity index (χ0) is 40.0. The van der Waals surface area contributed by atoms with Crippen molar-refractivity contribution in [3.8, 4) is 11.3 Å². The van der Waals surface area contributed by atoms with Gasteiger partial charge in [-0.2, -0.15) is 10.2 Å². The summed E-state index contributed by atoms with van der Waals surface area (Å²) in [5.74, 6) is 0.172. The van der Waals surface area contributed by atoms with E-state index in [0.717, 1.165) is 53.9 Å². The first-order chi connectivity index (χ1) is 27.4. The lowest BCUT2D eigenvalue weighted by Gasteiger charge is -2.32. The van der Waals surface area contributed by atoms with Crippen LogP contribution >= 0.6 is 0 Å². The molecule has 13 heteroatoms. The molecule has 0 aliphatic carbocycles. The Hall–Kier alpha value is -5.40. The number of hydrogen-bond acceptors (Lipinski definition) is 8. The zero-order valence-electron chi connectivity index (χ0n) is 32.8. The Morgan fingerprint density at radius 1 is 0.982 bits per heavy atom. The number of nitrogens with zero attached hydrogens (tertiary/aromatic N) is 7. The Kier molecular flexibility index (Phi) is 9.54. The molecule has 2 N–H and O–H groups in total. The summed E-state index contributed by atoms with van der Waals surface area (Å²) in [5, 5.41) is 21.7. The third-order valence-corrected chi connectivity index (χ3v) is 10.8. The molecule has 5 heterocycles. The number of halogens is 4. The summed E-state index contributed by atoms with van der Waals surface area (Å²) in [6.45, 7) is 4.55. The average molecular weight is 752 g/mol. The summed E-state index contributed by atoms with van der Waals surface area (Å²) < 4.78 is 75.2. The number of nitrogens with one attached hydrogen (secondary N) is 2. The second-order valence-electron chi connectivity index (χ2n) is 14.3. The van der Waals surface area contributed by atoms with E-state index in [1.165, 1.54) is 23.8 Å². The number of alkyl halides is 2. The highest BCUT2D eigenvalue weighted by Crippen LogP contribution is 2.35. The van der Waals surface area contributed by atoms with Gasteiger partial charge in [0.2, 0.25) is 0 Å². The molecule has 1 saturated heterocycles. The molecule has 3 aromatic carbocycles. The van der Waals surface area contributed by atoms with Crippen LogP contribution in [0, 0.1) is 18.6 Å². The first-order valence-electron chi connectivity index (χ1n) is 19.6. The van der Waals surface area contributed by atoms with Crippen LogP contribution in [0.15, 0.2) is 79.1 Å². The number of likely N-dealkylation sites (tertiary alicyclic amines) is 1. The summed E-state index contributed by atoms with van der Waals surface area (Å²) in [4.78, 5) is 8.79. The molecule has 284 valence electrons. The van der Waals surface area contributed by atoms with E-state index in [0.29, 0.717) is 52.9 Å². The molecule has 55 heavy (non-hydrogen) atoms. The molecule has 2 unspecified atom stereocenters. The molecular weight excluding hydrogens is 707 g/mol. The van der Waals surface area contributed by atoms with E-state index in [1.54, 1.807) is 43.3 Å². The lowest BCUT2D eigenvalue weighted by Crippen LogP contribution is -2.34. The van der Waals surface area contributed by atoms with Gasteiger partial charge in [-0.1, -0.05) is 30.3 Å². The van der Waals surface area contributed by atoms with E-state index in [2.05, 4.69) is 48.9 Å². The minimum Gasteiger partial charge on any atom is -0.361 e. The number of fused-ring (bicyclic) bond motifs is 2. The Balaban J connectivity index is 0.940. The van der Waals surface area contributed by atoms with Crippen molar-refractivity contribution in [3.63, 3.8) is 0 Å². The molecule has 2 aliphatic rings. The maximum absolute atomic E-state index is 15.2. The summed E-state index contributed by atoms with van der Waals surface area (Å²) in [6.07, 6.45) is 4.67.